The molecular weight excluding hydrogens is 565 g/mol. The van der Waals surface area contributed by atoms with E-state index < -0.39 is 48.5 Å². The van der Waals surface area contributed by atoms with Crippen LogP contribution in [0.4, 0.5) is 22.0 Å². The number of amides is 2. The van der Waals surface area contributed by atoms with E-state index in [-0.39, 0.29) is 49.8 Å². The largest absolute Gasteiger partial charge is 0.408 e. The molecule has 0 unspecified atom stereocenters. The molecule has 5 rings (SSSR count). The number of hydrogen-bond donors (Lipinski definition) is 3. The molecule has 3 N–H and O–H groups in total. The number of imidazole rings is 1. The first kappa shape index (κ1) is 29.9. The van der Waals surface area contributed by atoms with Crippen molar-refractivity contribution < 1.29 is 36.6 Å². The van der Waals surface area contributed by atoms with Gasteiger partial charge in [0.1, 0.15) is 18.3 Å². The molecule has 2 amide bonds. The third-order valence-electron chi connectivity index (χ3n) is 7.85. The molecular formula is C27H32F5N7O3. The number of nitrogens with one attached hydrogen (secondary N) is 2. The van der Waals surface area contributed by atoms with Crippen LogP contribution in [0.5, 0.6) is 0 Å². The Labute approximate surface area is 237 Å². The van der Waals surface area contributed by atoms with Gasteiger partial charge in [-0.2, -0.15) is 23.4 Å². The van der Waals surface area contributed by atoms with E-state index in [4.69, 9.17) is 0 Å². The van der Waals surface area contributed by atoms with Gasteiger partial charge in [-0.1, -0.05) is 6.92 Å². The monoisotopic (exact) mass is 597 g/mol. The summed E-state index contributed by atoms with van der Waals surface area (Å²) in [6.45, 7) is 0.342. The number of carbonyl (C=O) groups excluding carboxylic acids is 2. The summed E-state index contributed by atoms with van der Waals surface area (Å²) in [4.78, 5) is 30.1. The van der Waals surface area contributed by atoms with Crippen LogP contribution in [-0.2, 0) is 11.3 Å². The predicted octanol–water partition coefficient (Wildman–Crippen LogP) is 4.12. The van der Waals surface area contributed by atoms with Crippen LogP contribution in [0.15, 0.2) is 30.7 Å². The van der Waals surface area contributed by atoms with E-state index in [1.807, 2.05) is 0 Å². The minimum atomic E-state index is -4.52. The summed E-state index contributed by atoms with van der Waals surface area (Å²) in [5.74, 6) is -4.28. The molecule has 2 aliphatic rings. The smallest absolute Gasteiger partial charge is 0.383 e. The lowest BCUT2D eigenvalue weighted by atomic mass is 9.81. The molecule has 0 aromatic carbocycles. The van der Waals surface area contributed by atoms with Gasteiger partial charge in [0.15, 0.2) is 5.65 Å². The fourth-order valence-corrected chi connectivity index (χ4v) is 5.37. The zero-order valence-electron chi connectivity index (χ0n) is 22.8. The molecule has 2 fully saturated rings. The highest BCUT2D eigenvalue weighted by Gasteiger charge is 2.40. The Hall–Kier alpha value is -3.62. The lowest BCUT2D eigenvalue weighted by molar-refractivity contribution is -0.142. The Morgan fingerprint density at radius 1 is 1.12 bits per heavy atom. The van der Waals surface area contributed by atoms with E-state index >= 15 is 0 Å². The Balaban J connectivity index is 1.41. The van der Waals surface area contributed by atoms with Crippen molar-refractivity contribution in [2.75, 3.05) is 0 Å². The maximum absolute atomic E-state index is 14.0. The molecule has 0 spiro atoms. The summed E-state index contributed by atoms with van der Waals surface area (Å²) in [6.07, 6.45) is 0.0874. The standard InChI is InChI=1S/C27H32F5N7O3/c1-2-20(40)25(42)35-22(15-3-4-15)17-11-21-34-19(13-39(21)33-12-17)23(16-5-8-26(28,29)9-6-16)36-24(41)18-7-10-38(37-18)14-27(30,31)32/h7,10-13,15-16,20,22-23,40H,2-6,8-9,14H2,1H3,(H,35,42)(H,36,41)/t20-,22-,23+/m1/s1. The molecule has 0 aliphatic heterocycles. The van der Waals surface area contributed by atoms with Gasteiger partial charge in [0.25, 0.3) is 5.91 Å². The summed E-state index contributed by atoms with van der Waals surface area (Å²) >= 11 is 0. The van der Waals surface area contributed by atoms with Crippen LogP contribution < -0.4 is 10.6 Å². The number of alkyl halides is 5. The highest BCUT2D eigenvalue weighted by molar-refractivity contribution is 5.92. The highest BCUT2D eigenvalue weighted by atomic mass is 19.4. The van der Waals surface area contributed by atoms with E-state index in [0.29, 0.717) is 21.6 Å². The predicted molar refractivity (Wildman–Crippen MR) is 138 cm³/mol. The molecule has 3 atom stereocenters. The average Bonchev–Trinajstić information content (AvgIpc) is 3.52. The van der Waals surface area contributed by atoms with Crippen molar-refractivity contribution >= 4 is 17.5 Å². The first-order chi connectivity index (χ1) is 19.8. The number of aliphatic hydroxyl groups excluding tert-OH is 1. The van der Waals surface area contributed by atoms with Crippen molar-refractivity contribution in [1.29, 1.82) is 0 Å². The number of halogens is 5. The maximum atomic E-state index is 14.0. The molecule has 0 radical (unpaired) electrons. The number of hydrogen-bond acceptors (Lipinski definition) is 6. The van der Waals surface area contributed by atoms with Crippen molar-refractivity contribution in [2.24, 2.45) is 11.8 Å². The molecule has 0 bridgehead atoms. The van der Waals surface area contributed by atoms with Crippen molar-refractivity contribution in [2.45, 2.75) is 88.7 Å². The SMILES string of the molecule is CC[C@@H](O)C(=O)N[C@@H](c1cnn2cc([C@@H](NC(=O)c3ccn(CC(F)(F)F)n3)C3CCC(F)(F)CC3)nc2c1)C1CC1. The van der Waals surface area contributed by atoms with Crippen LogP contribution in [0.2, 0.25) is 0 Å². The molecule has 2 aliphatic carbocycles. The Morgan fingerprint density at radius 2 is 1.81 bits per heavy atom. The average molecular weight is 598 g/mol. The summed E-state index contributed by atoms with van der Waals surface area (Å²) < 4.78 is 68.3. The number of aliphatic hydroxyl groups is 1. The summed E-state index contributed by atoms with van der Waals surface area (Å²) in [7, 11) is 0. The highest BCUT2D eigenvalue weighted by Crippen LogP contribution is 2.42. The van der Waals surface area contributed by atoms with Gasteiger partial charge in [-0.25, -0.2) is 18.3 Å². The lowest BCUT2D eigenvalue weighted by Crippen LogP contribution is -2.37. The molecule has 228 valence electrons. The van der Waals surface area contributed by atoms with Gasteiger partial charge in [0.2, 0.25) is 11.8 Å². The lowest BCUT2D eigenvalue weighted by Gasteiger charge is -2.33. The fraction of sp³-hybridized carbons (Fsp3) is 0.593. The molecule has 15 heteroatoms. The molecule has 3 heterocycles. The van der Waals surface area contributed by atoms with Crippen LogP contribution in [0.1, 0.15) is 85.7 Å². The van der Waals surface area contributed by atoms with E-state index in [2.05, 4.69) is 25.8 Å². The topological polar surface area (TPSA) is 126 Å². The van der Waals surface area contributed by atoms with E-state index in [9.17, 15) is 36.6 Å². The summed E-state index contributed by atoms with van der Waals surface area (Å²) in [5, 5.41) is 23.7. The number of fused-ring (bicyclic) bond motifs is 1. The van der Waals surface area contributed by atoms with Crippen LogP contribution >= 0.6 is 0 Å². The first-order valence-corrected chi connectivity index (χ1v) is 13.9. The minimum absolute atomic E-state index is 0.0998. The molecule has 2 saturated carbocycles. The van der Waals surface area contributed by atoms with Crippen molar-refractivity contribution in [3.05, 3.63) is 47.7 Å². The fourth-order valence-electron chi connectivity index (χ4n) is 5.37. The van der Waals surface area contributed by atoms with E-state index in [1.165, 1.54) is 4.52 Å². The maximum Gasteiger partial charge on any atom is 0.408 e. The second-order valence-corrected chi connectivity index (χ2v) is 11.2. The van der Waals surface area contributed by atoms with Crippen molar-refractivity contribution in [1.82, 2.24) is 35.0 Å². The van der Waals surface area contributed by atoms with Gasteiger partial charge in [-0.3, -0.25) is 14.3 Å². The number of rotatable bonds is 10. The van der Waals surface area contributed by atoms with Crippen LogP contribution in [-0.4, -0.2) is 59.5 Å². The zero-order valence-corrected chi connectivity index (χ0v) is 22.8. The Kier molecular flexibility index (Phi) is 8.23. The van der Waals surface area contributed by atoms with Crippen LogP contribution in [0.3, 0.4) is 0 Å². The van der Waals surface area contributed by atoms with Crippen molar-refractivity contribution in [3.8, 4) is 0 Å². The van der Waals surface area contributed by atoms with Gasteiger partial charge in [-0.05, 0) is 61.6 Å². The van der Waals surface area contributed by atoms with Gasteiger partial charge in [0.05, 0.1) is 30.2 Å². The summed E-state index contributed by atoms with van der Waals surface area (Å²) in [6, 6.07) is 1.70. The number of nitrogens with zero attached hydrogens (tertiary/aromatic N) is 5. The van der Waals surface area contributed by atoms with E-state index in [0.717, 1.165) is 25.1 Å². The second-order valence-electron chi connectivity index (χ2n) is 11.2. The Bertz CT molecular complexity index is 1420. The molecule has 3 aromatic rings. The van der Waals surface area contributed by atoms with Gasteiger partial charge >= 0.3 is 6.18 Å². The molecule has 3 aromatic heterocycles. The van der Waals surface area contributed by atoms with Crippen LogP contribution in [0.25, 0.3) is 5.65 Å². The molecule has 42 heavy (non-hydrogen) atoms. The third-order valence-corrected chi connectivity index (χ3v) is 7.85. The third kappa shape index (κ3) is 7.05. The summed E-state index contributed by atoms with van der Waals surface area (Å²) in [5.41, 5.74) is 1.19. The minimum Gasteiger partial charge on any atom is -0.383 e. The molecule has 0 saturated heterocycles. The zero-order chi connectivity index (χ0) is 30.2. The van der Waals surface area contributed by atoms with Gasteiger partial charge in [-0.15, -0.1) is 0 Å². The second kappa shape index (κ2) is 11.6. The normalized spacial score (nSPS) is 19.8. The van der Waals surface area contributed by atoms with Gasteiger partial charge in [0, 0.05) is 19.0 Å². The van der Waals surface area contributed by atoms with Gasteiger partial charge < -0.3 is 15.7 Å². The number of aromatic nitrogens is 5. The first-order valence-electron chi connectivity index (χ1n) is 13.9. The van der Waals surface area contributed by atoms with Crippen LogP contribution in [0, 0.1) is 11.8 Å². The molecule has 10 nitrogen and oxygen atoms in total. The number of carbonyl (C=O) groups is 2. The quantitative estimate of drug-likeness (QED) is 0.302. The van der Waals surface area contributed by atoms with Crippen molar-refractivity contribution in [3.63, 3.8) is 0 Å². The Morgan fingerprint density at radius 3 is 2.45 bits per heavy atom. The van der Waals surface area contributed by atoms with E-state index in [1.54, 1.807) is 25.4 Å².